The van der Waals surface area contributed by atoms with E-state index < -0.39 is 0 Å². The zero-order valence-electron chi connectivity index (χ0n) is 20.1. The van der Waals surface area contributed by atoms with Gasteiger partial charge in [0.25, 0.3) is 5.91 Å². The molecule has 184 valence electrons. The number of amides is 2. The summed E-state index contributed by atoms with van der Waals surface area (Å²) in [6.45, 7) is 2.11. The van der Waals surface area contributed by atoms with E-state index in [4.69, 9.17) is 4.98 Å². The van der Waals surface area contributed by atoms with Crippen molar-refractivity contribution in [2.24, 2.45) is 11.3 Å². The molecule has 6 rings (SSSR count). The molecule has 9 heteroatoms. The highest BCUT2D eigenvalue weighted by Crippen LogP contribution is 2.47. The van der Waals surface area contributed by atoms with Crippen LogP contribution in [0.3, 0.4) is 0 Å². The molecule has 4 fully saturated rings. The summed E-state index contributed by atoms with van der Waals surface area (Å²) in [5.41, 5.74) is 1.76. The molecule has 0 radical (unpaired) electrons. The van der Waals surface area contributed by atoms with Gasteiger partial charge >= 0.3 is 0 Å². The van der Waals surface area contributed by atoms with E-state index in [1.807, 2.05) is 6.07 Å². The van der Waals surface area contributed by atoms with Gasteiger partial charge in [-0.25, -0.2) is 4.98 Å². The van der Waals surface area contributed by atoms with Crippen LogP contribution in [0.4, 0.5) is 11.6 Å². The van der Waals surface area contributed by atoms with Gasteiger partial charge in [0.1, 0.15) is 17.4 Å². The lowest BCUT2D eigenvalue weighted by Crippen LogP contribution is -2.28. The molecule has 3 saturated carbocycles. The highest BCUT2D eigenvalue weighted by molar-refractivity contribution is 6.15. The van der Waals surface area contributed by atoms with Crippen molar-refractivity contribution in [2.75, 3.05) is 10.6 Å². The second-order valence-electron chi connectivity index (χ2n) is 11.1. The molecule has 0 spiro atoms. The number of nitrogens with zero attached hydrogens (tertiary/aromatic N) is 3. The summed E-state index contributed by atoms with van der Waals surface area (Å²) < 4.78 is 1.77. The highest BCUT2D eigenvalue weighted by atomic mass is 16.2. The normalized spacial score (nSPS) is 26.7. The Morgan fingerprint density at radius 3 is 2.51 bits per heavy atom. The Kier molecular flexibility index (Phi) is 5.38. The van der Waals surface area contributed by atoms with E-state index in [-0.39, 0.29) is 23.7 Å². The summed E-state index contributed by atoms with van der Waals surface area (Å²) in [6.07, 6.45) is 12.7. The fraction of sp³-hybridized carbons (Fsp3) is 0.577. The van der Waals surface area contributed by atoms with Crippen molar-refractivity contribution in [3.63, 3.8) is 0 Å². The largest absolute Gasteiger partial charge is 0.367 e. The zero-order chi connectivity index (χ0) is 24.2. The number of hydrogen-bond acceptors (Lipinski definition) is 7. The van der Waals surface area contributed by atoms with Crippen molar-refractivity contribution in [2.45, 2.75) is 83.2 Å². The van der Waals surface area contributed by atoms with Crippen LogP contribution >= 0.6 is 0 Å². The van der Waals surface area contributed by atoms with Crippen molar-refractivity contribution < 1.29 is 14.4 Å². The molecular formula is C26H32N6O3. The molecule has 2 aromatic heterocycles. The predicted molar refractivity (Wildman–Crippen MR) is 132 cm³/mol. The maximum Gasteiger partial charge on any atom is 0.254 e. The van der Waals surface area contributed by atoms with Crippen LogP contribution in [0.5, 0.6) is 0 Å². The minimum Gasteiger partial charge on any atom is -0.367 e. The Balaban J connectivity index is 1.19. The van der Waals surface area contributed by atoms with Crippen LogP contribution in [0.1, 0.15) is 76.7 Å². The molecule has 1 aliphatic heterocycles. The fourth-order valence-electron chi connectivity index (χ4n) is 5.20. The lowest BCUT2D eigenvalue weighted by Gasteiger charge is -2.29. The number of aromatic nitrogens is 3. The Morgan fingerprint density at radius 2 is 1.86 bits per heavy atom. The van der Waals surface area contributed by atoms with E-state index in [2.05, 4.69) is 28.0 Å². The molecular weight excluding hydrogens is 444 g/mol. The second kappa shape index (κ2) is 8.46. The first kappa shape index (κ1) is 22.2. The smallest absolute Gasteiger partial charge is 0.254 e. The summed E-state index contributed by atoms with van der Waals surface area (Å²) in [5, 5.41) is 14.0. The van der Waals surface area contributed by atoms with Crippen LogP contribution in [-0.2, 0) is 14.4 Å². The zero-order valence-corrected chi connectivity index (χ0v) is 20.1. The number of hydrogen-bond donors (Lipinski definition) is 3. The maximum absolute atomic E-state index is 12.5. The third-order valence-electron chi connectivity index (χ3n) is 8.00. The number of imide groups is 1. The van der Waals surface area contributed by atoms with E-state index in [0.717, 1.165) is 69.4 Å². The quantitative estimate of drug-likeness (QED) is 0.394. The molecule has 2 aromatic rings. The first-order valence-corrected chi connectivity index (χ1v) is 12.9. The first-order chi connectivity index (χ1) is 16.9. The van der Waals surface area contributed by atoms with Gasteiger partial charge in [-0.15, -0.1) is 0 Å². The molecule has 2 amide bonds. The standard InChI is InChI=1S/C26H32N6O3/c1-26(8-9-26)20(33)10-15-2-4-18(5-3-15)28-21-13-22(29-19-6-7-19)32-24(30-21)17(14-27-32)11-16-12-23(34)31-25(16)35/h11,13-15,18-19,29H,2-10,12H2,1H3,(H,28,30)(H,31,34,35)/b16-11+. The van der Waals surface area contributed by atoms with Crippen molar-refractivity contribution in [3.8, 4) is 0 Å². The van der Waals surface area contributed by atoms with Gasteiger partial charge in [-0.05, 0) is 63.4 Å². The third kappa shape index (κ3) is 4.68. The van der Waals surface area contributed by atoms with Gasteiger partial charge in [0.05, 0.1) is 12.6 Å². The Labute approximate surface area is 204 Å². The summed E-state index contributed by atoms with van der Waals surface area (Å²) in [6, 6.07) is 2.76. The minimum atomic E-state index is -0.356. The van der Waals surface area contributed by atoms with Crippen molar-refractivity contribution >= 4 is 41.0 Å². The van der Waals surface area contributed by atoms with Crippen LogP contribution < -0.4 is 16.0 Å². The number of Topliss-reactive ketones (excluding diaryl/α,β-unsaturated/α-hetero) is 1. The van der Waals surface area contributed by atoms with E-state index in [0.29, 0.717) is 40.6 Å². The van der Waals surface area contributed by atoms with Crippen LogP contribution in [-0.4, -0.2) is 44.3 Å². The molecule has 4 aliphatic rings. The summed E-state index contributed by atoms with van der Waals surface area (Å²) in [4.78, 5) is 41.0. The van der Waals surface area contributed by atoms with Gasteiger partial charge in [-0.3, -0.25) is 19.7 Å². The minimum absolute atomic E-state index is 0.0237. The number of rotatable bonds is 8. The first-order valence-electron chi connectivity index (χ1n) is 12.9. The number of carbonyl (C=O) groups is 3. The van der Waals surface area contributed by atoms with Crippen LogP contribution in [0.25, 0.3) is 11.7 Å². The van der Waals surface area contributed by atoms with Gasteiger partial charge in [0.2, 0.25) is 5.91 Å². The lowest BCUT2D eigenvalue weighted by atomic mass is 9.81. The Bertz CT molecular complexity index is 1230. The third-order valence-corrected chi connectivity index (χ3v) is 8.00. The molecule has 0 bridgehead atoms. The molecule has 35 heavy (non-hydrogen) atoms. The van der Waals surface area contributed by atoms with Crippen molar-refractivity contribution in [3.05, 3.63) is 23.4 Å². The molecule has 3 aliphatic carbocycles. The van der Waals surface area contributed by atoms with Gasteiger partial charge < -0.3 is 10.6 Å². The molecule has 0 atom stereocenters. The molecule has 3 heterocycles. The molecule has 0 unspecified atom stereocenters. The predicted octanol–water partition coefficient (Wildman–Crippen LogP) is 3.46. The molecule has 0 aromatic carbocycles. The number of nitrogens with one attached hydrogen (secondary N) is 3. The van der Waals surface area contributed by atoms with Crippen LogP contribution in [0.15, 0.2) is 17.8 Å². The Morgan fingerprint density at radius 1 is 1.14 bits per heavy atom. The monoisotopic (exact) mass is 476 g/mol. The van der Waals surface area contributed by atoms with Gasteiger partial charge in [0.15, 0.2) is 5.65 Å². The second-order valence-corrected chi connectivity index (χ2v) is 11.1. The molecule has 1 saturated heterocycles. The summed E-state index contributed by atoms with van der Waals surface area (Å²) in [5.74, 6) is 1.95. The number of ketones is 1. The van der Waals surface area contributed by atoms with Crippen LogP contribution in [0, 0.1) is 11.3 Å². The van der Waals surface area contributed by atoms with Crippen molar-refractivity contribution in [1.82, 2.24) is 19.9 Å². The topological polar surface area (TPSA) is 117 Å². The van der Waals surface area contributed by atoms with Crippen LogP contribution in [0.2, 0.25) is 0 Å². The van der Waals surface area contributed by atoms with Crippen molar-refractivity contribution in [1.29, 1.82) is 0 Å². The number of carbonyl (C=O) groups excluding carboxylic acids is 3. The van der Waals surface area contributed by atoms with E-state index in [1.54, 1.807) is 16.8 Å². The number of anilines is 2. The lowest BCUT2D eigenvalue weighted by molar-refractivity contribution is -0.125. The number of fused-ring (bicyclic) bond motifs is 1. The maximum atomic E-state index is 12.5. The summed E-state index contributed by atoms with van der Waals surface area (Å²) in [7, 11) is 0. The van der Waals surface area contributed by atoms with Gasteiger partial charge in [-0.1, -0.05) is 6.92 Å². The van der Waals surface area contributed by atoms with E-state index >= 15 is 0 Å². The van der Waals surface area contributed by atoms with Gasteiger partial charge in [0, 0.05) is 41.1 Å². The highest BCUT2D eigenvalue weighted by Gasteiger charge is 2.44. The molecule has 9 nitrogen and oxygen atoms in total. The Hall–Kier alpha value is -3.23. The average molecular weight is 477 g/mol. The molecule has 3 N–H and O–H groups in total. The summed E-state index contributed by atoms with van der Waals surface area (Å²) >= 11 is 0. The fourth-order valence-corrected chi connectivity index (χ4v) is 5.20. The average Bonchev–Trinajstić information content (AvgIpc) is 3.73. The van der Waals surface area contributed by atoms with Gasteiger partial charge in [-0.2, -0.15) is 9.61 Å². The van der Waals surface area contributed by atoms with E-state index in [9.17, 15) is 14.4 Å². The van der Waals surface area contributed by atoms with E-state index in [1.165, 1.54) is 0 Å². The SMILES string of the molecule is CC1(C(=O)CC2CCC(Nc3cc(NC4CC4)n4ncc(/C=C5\CC(=O)NC5=O)c4n3)CC2)CC1.